The van der Waals surface area contributed by atoms with Crippen LogP contribution in [0.3, 0.4) is 0 Å². The predicted octanol–water partition coefficient (Wildman–Crippen LogP) is 0.518. The molecule has 0 amide bonds. The van der Waals surface area contributed by atoms with E-state index in [1.807, 2.05) is 0 Å². The van der Waals surface area contributed by atoms with E-state index in [-0.39, 0.29) is 6.10 Å². The smallest absolute Gasteiger partial charge is 0.0696 e. The monoisotopic (exact) mass is 153 g/mol. The molecule has 0 aromatic heterocycles. The molecule has 0 aromatic rings. The quantitative estimate of drug-likeness (QED) is 0.568. The Labute approximate surface area is 67.1 Å². The number of fused-ring (bicyclic) bond motifs is 2. The van der Waals surface area contributed by atoms with Gasteiger partial charge in [0.1, 0.15) is 0 Å². The minimum Gasteiger partial charge on any atom is -0.392 e. The molecule has 0 radical (unpaired) electrons. The Bertz CT molecular complexity index is 178. The van der Waals surface area contributed by atoms with E-state index in [4.69, 9.17) is 5.73 Å². The van der Waals surface area contributed by atoms with Gasteiger partial charge in [-0.25, -0.2) is 0 Å². The Morgan fingerprint density at radius 3 is 2.73 bits per heavy atom. The Morgan fingerprint density at radius 2 is 2.27 bits per heavy atom. The fourth-order valence-electron chi connectivity index (χ4n) is 2.44. The SMILES string of the molecule is NC[C@H](O)C1CC2C=CC1C2. The van der Waals surface area contributed by atoms with Crippen molar-refractivity contribution < 1.29 is 5.11 Å². The van der Waals surface area contributed by atoms with Crippen molar-refractivity contribution in [1.82, 2.24) is 0 Å². The molecular formula is C9H15NO. The van der Waals surface area contributed by atoms with Crippen molar-refractivity contribution in [2.75, 3.05) is 6.54 Å². The van der Waals surface area contributed by atoms with E-state index >= 15 is 0 Å². The Kier molecular flexibility index (Phi) is 1.74. The molecule has 2 aliphatic rings. The first-order chi connectivity index (χ1) is 5.31. The van der Waals surface area contributed by atoms with E-state index in [9.17, 15) is 5.11 Å². The normalized spacial score (nSPS) is 43.3. The van der Waals surface area contributed by atoms with Crippen molar-refractivity contribution in [3.8, 4) is 0 Å². The Balaban J connectivity index is 2.02. The van der Waals surface area contributed by atoms with Crippen LogP contribution in [0.25, 0.3) is 0 Å². The molecule has 11 heavy (non-hydrogen) atoms. The minimum atomic E-state index is -0.269. The van der Waals surface area contributed by atoms with Crippen LogP contribution in [0.4, 0.5) is 0 Å². The first-order valence-electron chi connectivity index (χ1n) is 4.37. The van der Waals surface area contributed by atoms with E-state index in [1.165, 1.54) is 6.42 Å². The lowest BCUT2D eigenvalue weighted by Crippen LogP contribution is -2.31. The van der Waals surface area contributed by atoms with Crippen LogP contribution in [0.15, 0.2) is 12.2 Å². The molecule has 2 aliphatic carbocycles. The van der Waals surface area contributed by atoms with E-state index in [0.29, 0.717) is 18.4 Å². The van der Waals surface area contributed by atoms with Gasteiger partial charge in [-0.2, -0.15) is 0 Å². The Morgan fingerprint density at radius 1 is 1.45 bits per heavy atom. The summed E-state index contributed by atoms with van der Waals surface area (Å²) in [5, 5.41) is 9.52. The summed E-state index contributed by atoms with van der Waals surface area (Å²) < 4.78 is 0. The summed E-state index contributed by atoms with van der Waals surface area (Å²) in [5.41, 5.74) is 5.41. The van der Waals surface area contributed by atoms with E-state index < -0.39 is 0 Å². The fourth-order valence-corrected chi connectivity index (χ4v) is 2.44. The molecule has 3 unspecified atom stereocenters. The van der Waals surface area contributed by atoms with Gasteiger partial charge in [-0.15, -0.1) is 0 Å². The van der Waals surface area contributed by atoms with Gasteiger partial charge < -0.3 is 10.8 Å². The number of hydrogen-bond acceptors (Lipinski definition) is 2. The summed E-state index contributed by atoms with van der Waals surface area (Å²) in [6.45, 7) is 0.418. The molecule has 1 fully saturated rings. The zero-order valence-corrected chi connectivity index (χ0v) is 6.61. The summed E-state index contributed by atoms with van der Waals surface area (Å²) in [7, 11) is 0. The zero-order chi connectivity index (χ0) is 7.84. The van der Waals surface area contributed by atoms with E-state index in [2.05, 4.69) is 12.2 Å². The largest absolute Gasteiger partial charge is 0.392 e. The van der Waals surface area contributed by atoms with Crippen LogP contribution in [-0.2, 0) is 0 Å². The van der Waals surface area contributed by atoms with E-state index in [0.717, 1.165) is 12.3 Å². The van der Waals surface area contributed by atoms with Crippen LogP contribution in [0.1, 0.15) is 12.8 Å². The Hall–Kier alpha value is -0.340. The van der Waals surface area contributed by atoms with Crippen LogP contribution in [0, 0.1) is 17.8 Å². The molecule has 2 heteroatoms. The van der Waals surface area contributed by atoms with Gasteiger partial charge in [0.25, 0.3) is 0 Å². The van der Waals surface area contributed by atoms with Crippen LogP contribution in [0.5, 0.6) is 0 Å². The third-order valence-electron chi connectivity index (χ3n) is 3.07. The number of hydrogen-bond donors (Lipinski definition) is 2. The second-order valence-corrected chi connectivity index (χ2v) is 3.75. The van der Waals surface area contributed by atoms with Gasteiger partial charge in [-0.1, -0.05) is 12.2 Å². The molecule has 2 rings (SSSR count). The highest BCUT2D eigenvalue weighted by atomic mass is 16.3. The molecule has 2 bridgehead atoms. The molecular weight excluding hydrogens is 138 g/mol. The average Bonchev–Trinajstić information content (AvgIpc) is 2.62. The minimum absolute atomic E-state index is 0.269. The third kappa shape index (κ3) is 1.10. The standard InChI is InChI=1S/C9H15NO/c10-5-9(11)8-4-6-1-2-7(8)3-6/h1-2,6-9,11H,3-5,10H2/t6?,7?,8?,9-/m0/s1. The van der Waals surface area contributed by atoms with Crippen molar-refractivity contribution in [2.45, 2.75) is 18.9 Å². The zero-order valence-electron chi connectivity index (χ0n) is 6.61. The summed E-state index contributed by atoms with van der Waals surface area (Å²) in [4.78, 5) is 0. The maximum Gasteiger partial charge on any atom is 0.0696 e. The first-order valence-corrected chi connectivity index (χ1v) is 4.37. The summed E-state index contributed by atoms with van der Waals surface area (Å²) in [5.74, 6) is 1.82. The van der Waals surface area contributed by atoms with Crippen LogP contribution in [0.2, 0.25) is 0 Å². The molecule has 0 saturated heterocycles. The lowest BCUT2D eigenvalue weighted by Gasteiger charge is -2.22. The number of aliphatic hydroxyl groups is 1. The fraction of sp³-hybridized carbons (Fsp3) is 0.778. The number of aliphatic hydroxyl groups excluding tert-OH is 1. The van der Waals surface area contributed by atoms with Crippen molar-refractivity contribution in [3.63, 3.8) is 0 Å². The highest BCUT2D eigenvalue weighted by Gasteiger charge is 2.38. The highest BCUT2D eigenvalue weighted by Crippen LogP contribution is 2.44. The lowest BCUT2D eigenvalue weighted by atomic mass is 9.88. The highest BCUT2D eigenvalue weighted by molar-refractivity contribution is 5.11. The van der Waals surface area contributed by atoms with Gasteiger partial charge >= 0.3 is 0 Å². The second kappa shape index (κ2) is 2.61. The van der Waals surface area contributed by atoms with Crippen molar-refractivity contribution in [2.24, 2.45) is 23.5 Å². The number of nitrogens with two attached hydrogens (primary N) is 1. The molecule has 0 heterocycles. The van der Waals surface area contributed by atoms with Gasteiger partial charge in [-0.3, -0.25) is 0 Å². The molecule has 3 N–H and O–H groups in total. The number of allylic oxidation sites excluding steroid dienone is 2. The van der Waals surface area contributed by atoms with Crippen molar-refractivity contribution >= 4 is 0 Å². The lowest BCUT2D eigenvalue weighted by molar-refractivity contribution is 0.101. The predicted molar refractivity (Wildman–Crippen MR) is 43.9 cm³/mol. The average molecular weight is 153 g/mol. The van der Waals surface area contributed by atoms with Gasteiger partial charge in [0.15, 0.2) is 0 Å². The summed E-state index contributed by atoms with van der Waals surface area (Å²) in [6.07, 6.45) is 6.67. The summed E-state index contributed by atoms with van der Waals surface area (Å²) >= 11 is 0. The number of rotatable bonds is 2. The molecule has 0 aromatic carbocycles. The molecule has 2 nitrogen and oxygen atoms in total. The maximum atomic E-state index is 9.52. The van der Waals surface area contributed by atoms with Gasteiger partial charge in [-0.05, 0) is 30.6 Å². The van der Waals surface area contributed by atoms with Crippen LogP contribution >= 0.6 is 0 Å². The molecule has 4 atom stereocenters. The topological polar surface area (TPSA) is 46.2 Å². The van der Waals surface area contributed by atoms with Crippen LogP contribution in [-0.4, -0.2) is 17.8 Å². The van der Waals surface area contributed by atoms with Gasteiger partial charge in [0.2, 0.25) is 0 Å². The van der Waals surface area contributed by atoms with Crippen LogP contribution < -0.4 is 5.73 Å². The van der Waals surface area contributed by atoms with Gasteiger partial charge in [0, 0.05) is 6.54 Å². The molecule has 0 aliphatic heterocycles. The maximum absolute atomic E-state index is 9.52. The van der Waals surface area contributed by atoms with E-state index in [1.54, 1.807) is 0 Å². The van der Waals surface area contributed by atoms with Crippen molar-refractivity contribution in [3.05, 3.63) is 12.2 Å². The molecule has 0 spiro atoms. The summed E-state index contributed by atoms with van der Waals surface area (Å²) in [6, 6.07) is 0. The third-order valence-corrected chi connectivity index (χ3v) is 3.07. The molecule has 1 saturated carbocycles. The van der Waals surface area contributed by atoms with Crippen molar-refractivity contribution in [1.29, 1.82) is 0 Å². The first kappa shape index (κ1) is 7.32. The molecule has 62 valence electrons. The van der Waals surface area contributed by atoms with Gasteiger partial charge in [0.05, 0.1) is 6.10 Å². The second-order valence-electron chi connectivity index (χ2n) is 3.75.